The second-order valence-electron chi connectivity index (χ2n) is 6.80. The van der Waals surface area contributed by atoms with E-state index in [4.69, 9.17) is 4.74 Å². The number of carbonyl (C=O) groups is 2. The summed E-state index contributed by atoms with van der Waals surface area (Å²) in [4.78, 5) is 24.5. The van der Waals surface area contributed by atoms with Crippen LogP contribution in [0.3, 0.4) is 0 Å². The maximum absolute atomic E-state index is 12.3. The van der Waals surface area contributed by atoms with Crippen molar-refractivity contribution in [2.45, 2.75) is 19.9 Å². The lowest BCUT2D eigenvalue weighted by Gasteiger charge is -2.14. The molecule has 0 fully saturated rings. The number of hydrogen-bond acceptors (Lipinski definition) is 5. The number of hydrogen-bond donors (Lipinski definition) is 2. The van der Waals surface area contributed by atoms with Gasteiger partial charge >= 0.3 is 0 Å². The van der Waals surface area contributed by atoms with Gasteiger partial charge in [0.25, 0.3) is 11.8 Å². The fraction of sp³-hybridized carbons (Fsp3) is 0.333. The van der Waals surface area contributed by atoms with Crippen molar-refractivity contribution in [2.24, 2.45) is 0 Å². The van der Waals surface area contributed by atoms with E-state index in [0.29, 0.717) is 23.5 Å². The molecule has 0 spiro atoms. The SMILES string of the molecule is CCCNC(=O)c1ccccc1NC(=O)COc1ccc(CN(C)S(C)(=O)=O)cc1. The monoisotopic (exact) mass is 433 g/mol. The van der Waals surface area contributed by atoms with Crippen molar-refractivity contribution in [3.05, 3.63) is 59.7 Å². The van der Waals surface area contributed by atoms with Crippen molar-refractivity contribution in [1.29, 1.82) is 0 Å². The molecule has 30 heavy (non-hydrogen) atoms. The molecule has 0 unspecified atom stereocenters. The standard InChI is InChI=1S/C21H27N3O5S/c1-4-13-22-21(26)18-7-5-6-8-19(18)23-20(25)15-29-17-11-9-16(10-12-17)14-24(2)30(3,27)28/h5-12H,4,13-15H2,1-3H3,(H,22,26)(H,23,25). The number of rotatable bonds is 10. The highest BCUT2D eigenvalue weighted by Crippen LogP contribution is 2.16. The number of nitrogens with one attached hydrogen (secondary N) is 2. The molecule has 0 atom stereocenters. The van der Waals surface area contributed by atoms with Gasteiger partial charge in [-0.05, 0) is 36.2 Å². The Hall–Kier alpha value is -2.91. The van der Waals surface area contributed by atoms with Crippen LogP contribution in [0.5, 0.6) is 5.75 Å². The molecular weight excluding hydrogens is 406 g/mol. The van der Waals surface area contributed by atoms with Gasteiger partial charge < -0.3 is 15.4 Å². The van der Waals surface area contributed by atoms with Gasteiger partial charge in [0.15, 0.2) is 6.61 Å². The van der Waals surface area contributed by atoms with E-state index >= 15 is 0 Å². The van der Waals surface area contributed by atoms with Gasteiger partial charge in [-0.15, -0.1) is 0 Å². The molecule has 2 aromatic carbocycles. The van der Waals surface area contributed by atoms with Gasteiger partial charge in [0.05, 0.1) is 17.5 Å². The summed E-state index contributed by atoms with van der Waals surface area (Å²) in [6, 6.07) is 13.6. The van der Waals surface area contributed by atoms with Gasteiger partial charge in [0.2, 0.25) is 10.0 Å². The Labute approximate surface area is 177 Å². The highest BCUT2D eigenvalue weighted by Gasteiger charge is 2.13. The molecule has 0 aliphatic rings. The van der Waals surface area contributed by atoms with E-state index in [1.54, 1.807) is 48.5 Å². The van der Waals surface area contributed by atoms with Gasteiger partial charge in [-0.2, -0.15) is 0 Å². The molecule has 0 aliphatic carbocycles. The van der Waals surface area contributed by atoms with Crippen LogP contribution in [0, 0.1) is 0 Å². The van der Waals surface area contributed by atoms with Gasteiger partial charge in [-0.3, -0.25) is 9.59 Å². The van der Waals surface area contributed by atoms with E-state index in [1.807, 2.05) is 6.92 Å². The lowest BCUT2D eigenvalue weighted by molar-refractivity contribution is -0.118. The van der Waals surface area contributed by atoms with Crippen LogP contribution in [0.25, 0.3) is 0 Å². The molecule has 2 rings (SSSR count). The lowest BCUT2D eigenvalue weighted by Crippen LogP contribution is -2.27. The average molecular weight is 434 g/mol. The summed E-state index contributed by atoms with van der Waals surface area (Å²) < 4.78 is 29.7. The fourth-order valence-corrected chi connectivity index (χ4v) is 2.91. The summed E-state index contributed by atoms with van der Waals surface area (Å²) in [6.45, 7) is 2.53. The molecule has 2 aromatic rings. The highest BCUT2D eigenvalue weighted by atomic mass is 32.2. The number of ether oxygens (including phenoxy) is 1. The number of benzene rings is 2. The zero-order valence-electron chi connectivity index (χ0n) is 17.3. The molecule has 0 aromatic heterocycles. The van der Waals surface area contributed by atoms with E-state index in [1.165, 1.54) is 11.4 Å². The third-order valence-corrected chi connectivity index (χ3v) is 5.51. The summed E-state index contributed by atoms with van der Waals surface area (Å²) in [5.41, 5.74) is 1.60. The molecule has 8 nitrogen and oxygen atoms in total. The van der Waals surface area contributed by atoms with Gasteiger partial charge in [0.1, 0.15) is 5.75 Å². The smallest absolute Gasteiger partial charge is 0.262 e. The molecule has 9 heteroatoms. The largest absolute Gasteiger partial charge is 0.484 e. The second-order valence-corrected chi connectivity index (χ2v) is 8.89. The average Bonchev–Trinajstić information content (AvgIpc) is 2.71. The first-order valence-electron chi connectivity index (χ1n) is 9.51. The number of anilines is 1. The zero-order chi connectivity index (χ0) is 22.1. The summed E-state index contributed by atoms with van der Waals surface area (Å²) >= 11 is 0. The van der Waals surface area contributed by atoms with E-state index in [-0.39, 0.29) is 19.1 Å². The Kier molecular flexibility index (Phi) is 8.37. The van der Waals surface area contributed by atoms with Crippen molar-refractivity contribution < 1.29 is 22.7 Å². The van der Waals surface area contributed by atoms with Crippen LogP contribution in [0.4, 0.5) is 5.69 Å². The molecule has 2 amide bonds. The summed E-state index contributed by atoms with van der Waals surface area (Å²) in [6.07, 6.45) is 1.96. The predicted molar refractivity (Wildman–Crippen MR) is 116 cm³/mol. The first kappa shape index (κ1) is 23.4. The topological polar surface area (TPSA) is 105 Å². The van der Waals surface area contributed by atoms with E-state index in [2.05, 4.69) is 10.6 Å². The van der Waals surface area contributed by atoms with Crippen LogP contribution < -0.4 is 15.4 Å². The van der Waals surface area contributed by atoms with Crippen LogP contribution in [0.2, 0.25) is 0 Å². The maximum atomic E-state index is 12.3. The summed E-state index contributed by atoms with van der Waals surface area (Å²) in [5, 5.41) is 5.48. The molecule has 0 saturated carbocycles. The van der Waals surface area contributed by atoms with Crippen LogP contribution in [-0.2, 0) is 21.4 Å². The molecule has 0 heterocycles. The summed E-state index contributed by atoms with van der Waals surface area (Å²) in [5.74, 6) is -0.167. The molecule has 0 radical (unpaired) electrons. The lowest BCUT2D eigenvalue weighted by atomic mass is 10.1. The first-order chi connectivity index (χ1) is 14.2. The van der Waals surface area contributed by atoms with Crippen molar-refractivity contribution in [3.63, 3.8) is 0 Å². The van der Waals surface area contributed by atoms with Crippen molar-refractivity contribution >= 4 is 27.5 Å². The Morgan fingerprint density at radius 1 is 1.07 bits per heavy atom. The van der Waals surface area contributed by atoms with Crippen molar-refractivity contribution in [1.82, 2.24) is 9.62 Å². The third kappa shape index (κ3) is 7.16. The van der Waals surface area contributed by atoms with Crippen LogP contribution in [0.15, 0.2) is 48.5 Å². The second kappa shape index (κ2) is 10.7. The Morgan fingerprint density at radius 3 is 2.37 bits per heavy atom. The van der Waals surface area contributed by atoms with Crippen LogP contribution >= 0.6 is 0 Å². The Bertz CT molecular complexity index is 974. The molecule has 0 aliphatic heterocycles. The molecule has 2 N–H and O–H groups in total. The quantitative estimate of drug-likeness (QED) is 0.598. The highest BCUT2D eigenvalue weighted by molar-refractivity contribution is 7.88. The fourth-order valence-electron chi connectivity index (χ4n) is 2.52. The van der Waals surface area contributed by atoms with E-state index in [9.17, 15) is 18.0 Å². The van der Waals surface area contributed by atoms with Gasteiger partial charge in [-0.25, -0.2) is 12.7 Å². The normalized spacial score (nSPS) is 11.2. The molecule has 162 valence electrons. The van der Waals surface area contributed by atoms with E-state index < -0.39 is 15.9 Å². The number of nitrogens with zero attached hydrogens (tertiary/aromatic N) is 1. The molecule has 0 saturated heterocycles. The number of amides is 2. The number of carbonyl (C=O) groups excluding carboxylic acids is 2. The van der Waals surface area contributed by atoms with Gasteiger partial charge in [0, 0.05) is 20.1 Å². The predicted octanol–water partition coefficient (Wildman–Crippen LogP) is 2.24. The van der Waals surface area contributed by atoms with Crippen LogP contribution in [-0.4, -0.2) is 51.0 Å². The van der Waals surface area contributed by atoms with E-state index in [0.717, 1.165) is 18.2 Å². The summed E-state index contributed by atoms with van der Waals surface area (Å²) in [7, 11) is -1.75. The van der Waals surface area contributed by atoms with Crippen molar-refractivity contribution in [3.8, 4) is 5.75 Å². The van der Waals surface area contributed by atoms with Crippen LogP contribution in [0.1, 0.15) is 29.3 Å². The zero-order valence-corrected chi connectivity index (χ0v) is 18.2. The third-order valence-electron chi connectivity index (χ3n) is 4.25. The minimum atomic E-state index is -3.26. The van der Waals surface area contributed by atoms with Gasteiger partial charge in [-0.1, -0.05) is 31.2 Å². The molecule has 0 bridgehead atoms. The minimum Gasteiger partial charge on any atom is -0.484 e. The maximum Gasteiger partial charge on any atom is 0.262 e. The Balaban J connectivity index is 1.92. The Morgan fingerprint density at radius 2 is 1.73 bits per heavy atom. The minimum absolute atomic E-state index is 0.229. The first-order valence-corrected chi connectivity index (χ1v) is 11.4. The number of sulfonamides is 1. The molecular formula is C21H27N3O5S. The number of para-hydroxylation sites is 1. The van der Waals surface area contributed by atoms with Crippen molar-refractivity contribution in [2.75, 3.05) is 31.8 Å².